The van der Waals surface area contributed by atoms with E-state index in [0.717, 1.165) is 33.1 Å². The van der Waals surface area contributed by atoms with Gasteiger partial charge in [0.25, 0.3) is 0 Å². The van der Waals surface area contributed by atoms with Crippen molar-refractivity contribution in [2.24, 2.45) is 0 Å². The third-order valence-corrected chi connectivity index (χ3v) is 10.2. The molecule has 210 valence electrons. The lowest BCUT2D eigenvalue weighted by Gasteiger charge is -2.26. The Balaban J connectivity index is 1.30. The molecule has 0 saturated carbocycles. The molecule has 0 unspecified atom stereocenters. The maximum atomic E-state index is 5.21. The van der Waals surface area contributed by atoms with Crippen molar-refractivity contribution in [2.45, 2.75) is 19.3 Å². The maximum absolute atomic E-state index is 5.21. The van der Waals surface area contributed by atoms with E-state index in [4.69, 9.17) is 9.97 Å². The van der Waals surface area contributed by atoms with Gasteiger partial charge in [0.2, 0.25) is 0 Å². The lowest BCUT2D eigenvalue weighted by atomic mass is 9.77. The van der Waals surface area contributed by atoms with Crippen LogP contribution in [0.2, 0.25) is 0 Å². The first kappa shape index (κ1) is 24.8. The Morgan fingerprint density at radius 2 is 1.11 bits per heavy atom. The average Bonchev–Trinajstić information content (AvgIpc) is 3.34. The SMILES string of the molecule is CC1(C)c2cc(-c3ccc4ccc5cccnc5c4n3)ccc2-c2c1c1c3ccccc3c3ccccc3c1c1ccccc21. The van der Waals surface area contributed by atoms with E-state index in [0.29, 0.717) is 0 Å². The summed E-state index contributed by atoms with van der Waals surface area (Å²) in [5.74, 6) is 0. The summed E-state index contributed by atoms with van der Waals surface area (Å²) in [5.41, 5.74) is 9.24. The van der Waals surface area contributed by atoms with E-state index in [1.54, 1.807) is 0 Å². The largest absolute Gasteiger partial charge is 0.254 e. The van der Waals surface area contributed by atoms with Crippen LogP contribution in [0.4, 0.5) is 0 Å². The van der Waals surface area contributed by atoms with Crippen molar-refractivity contribution in [1.29, 1.82) is 0 Å². The van der Waals surface area contributed by atoms with Crippen molar-refractivity contribution in [2.75, 3.05) is 0 Å². The fraction of sp³-hybridized carbons (Fsp3) is 0.0698. The molecule has 1 aliphatic carbocycles. The molecule has 2 heterocycles. The molecule has 0 fully saturated rings. The Morgan fingerprint density at radius 1 is 0.511 bits per heavy atom. The lowest BCUT2D eigenvalue weighted by molar-refractivity contribution is 0.667. The Labute approximate surface area is 260 Å². The Hall–Kier alpha value is -5.60. The molecule has 0 spiro atoms. The van der Waals surface area contributed by atoms with E-state index in [9.17, 15) is 0 Å². The highest BCUT2D eigenvalue weighted by atomic mass is 14.8. The number of hydrogen-bond acceptors (Lipinski definition) is 2. The van der Waals surface area contributed by atoms with Gasteiger partial charge in [-0.2, -0.15) is 0 Å². The normalized spacial score (nSPS) is 13.7. The van der Waals surface area contributed by atoms with Crippen molar-refractivity contribution in [3.63, 3.8) is 0 Å². The van der Waals surface area contributed by atoms with E-state index in [2.05, 4.69) is 135 Å². The second-order valence-electron chi connectivity index (χ2n) is 12.9. The van der Waals surface area contributed by atoms with Gasteiger partial charge in [-0.3, -0.25) is 4.98 Å². The summed E-state index contributed by atoms with van der Waals surface area (Å²) in [5, 5.41) is 12.9. The molecule has 0 atom stereocenters. The number of aromatic nitrogens is 2. The predicted molar refractivity (Wildman–Crippen MR) is 190 cm³/mol. The zero-order valence-electron chi connectivity index (χ0n) is 25.1. The molecule has 0 N–H and O–H groups in total. The van der Waals surface area contributed by atoms with Crippen molar-refractivity contribution in [3.05, 3.63) is 145 Å². The van der Waals surface area contributed by atoms with Crippen molar-refractivity contribution in [1.82, 2.24) is 9.97 Å². The van der Waals surface area contributed by atoms with Gasteiger partial charge in [-0.15, -0.1) is 0 Å². The Morgan fingerprint density at radius 3 is 1.84 bits per heavy atom. The third kappa shape index (κ3) is 3.24. The van der Waals surface area contributed by atoms with Crippen LogP contribution < -0.4 is 0 Å². The number of pyridine rings is 2. The van der Waals surface area contributed by atoms with Crippen LogP contribution in [0.5, 0.6) is 0 Å². The summed E-state index contributed by atoms with van der Waals surface area (Å²) in [6.45, 7) is 4.82. The second-order valence-corrected chi connectivity index (χ2v) is 12.9. The van der Waals surface area contributed by atoms with Gasteiger partial charge in [0.15, 0.2) is 0 Å². The monoisotopic (exact) mass is 572 g/mol. The minimum atomic E-state index is -0.223. The summed E-state index contributed by atoms with van der Waals surface area (Å²) in [7, 11) is 0. The van der Waals surface area contributed by atoms with Gasteiger partial charge in [-0.05, 0) is 83.5 Å². The van der Waals surface area contributed by atoms with Crippen molar-refractivity contribution < 1.29 is 0 Å². The molecule has 2 nitrogen and oxygen atoms in total. The zero-order chi connectivity index (χ0) is 29.9. The average molecular weight is 573 g/mol. The topological polar surface area (TPSA) is 25.8 Å². The molecule has 9 aromatic rings. The maximum Gasteiger partial charge on any atom is 0.0972 e. The van der Waals surface area contributed by atoms with Crippen LogP contribution >= 0.6 is 0 Å². The minimum absolute atomic E-state index is 0.223. The second kappa shape index (κ2) is 8.74. The predicted octanol–water partition coefficient (Wildman–Crippen LogP) is 11.4. The first-order valence-electron chi connectivity index (χ1n) is 15.7. The van der Waals surface area contributed by atoms with Gasteiger partial charge in [0.05, 0.1) is 16.7 Å². The van der Waals surface area contributed by atoms with E-state index in [1.807, 2.05) is 12.3 Å². The summed E-state index contributed by atoms with van der Waals surface area (Å²) < 4.78 is 0. The highest BCUT2D eigenvalue weighted by Gasteiger charge is 2.39. The summed E-state index contributed by atoms with van der Waals surface area (Å²) in [4.78, 5) is 9.90. The fourth-order valence-electron chi connectivity index (χ4n) is 8.22. The van der Waals surface area contributed by atoms with E-state index in [-0.39, 0.29) is 5.41 Å². The number of benzene rings is 7. The fourth-order valence-corrected chi connectivity index (χ4v) is 8.22. The Bertz CT molecular complexity index is 2730. The Kier molecular flexibility index (Phi) is 4.82. The van der Waals surface area contributed by atoms with Gasteiger partial charge in [0.1, 0.15) is 0 Å². The quantitative estimate of drug-likeness (QED) is 0.183. The first-order valence-corrected chi connectivity index (χ1v) is 15.7. The van der Waals surface area contributed by atoms with Gasteiger partial charge in [0, 0.05) is 27.9 Å². The molecule has 0 radical (unpaired) electrons. The summed E-state index contributed by atoms with van der Waals surface area (Å²) in [6.07, 6.45) is 1.85. The van der Waals surface area contributed by atoms with E-state index in [1.165, 1.54) is 65.3 Å². The number of rotatable bonds is 1. The highest BCUT2D eigenvalue weighted by molar-refractivity contribution is 6.35. The van der Waals surface area contributed by atoms with Crippen LogP contribution in [0.1, 0.15) is 25.0 Å². The van der Waals surface area contributed by atoms with Crippen molar-refractivity contribution in [3.8, 4) is 22.4 Å². The molecule has 0 bridgehead atoms. The molecule has 2 aromatic heterocycles. The van der Waals surface area contributed by atoms with Crippen LogP contribution in [0.15, 0.2) is 134 Å². The van der Waals surface area contributed by atoms with Crippen LogP contribution in [-0.4, -0.2) is 9.97 Å². The van der Waals surface area contributed by atoms with Crippen molar-refractivity contribution >= 4 is 64.9 Å². The highest BCUT2D eigenvalue weighted by Crippen LogP contribution is 2.57. The van der Waals surface area contributed by atoms with Crippen LogP contribution in [0.3, 0.4) is 0 Å². The minimum Gasteiger partial charge on any atom is -0.254 e. The van der Waals surface area contributed by atoms with Crippen LogP contribution in [0.25, 0.3) is 87.3 Å². The first-order chi connectivity index (χ1) is 22.1. The van der Waals surface area contributed by atoms with E-state index < -0.39 is 0 Å². The molecular formula is C43H28N2. The van der Waals surface area contributed by atoms with Gasteiger partial charge in [-0.25, -0.2) is 4.98 Å². The van der Waals surface area contributed by atoms with Gasteiger partial charge in [-0.1, -0.05) is 123 Å². The molecule has 0 saturated heterocycles. The van der Waals surface area contributed by atoms with Gasteiger partial charge < -0.3 is 0 Å². The number of fused-ring (bicyclic) bond motifs is 16. The smallest absolute Gasteiger partial charge is 0.0972 e. The summed E-state index contributed by atoms with van der Waals surface area (Å²) in [6, 6.07) is 46.6. The third-order valence-electron chi connectivity index (χ3n) is 10.2. The molecule has 45 heavy (non-hydrogen) atoms. The molecule has 1 aliphatic rings. The van der Waals surface area contributed by atoms with Crippen LogP contribution in [-0.2, 0) is 5.41 Å². The lowest BCUT2D eigenvalue weighted by Crippen LogP contribution is -2.16. The number of nitrogens with zero attached hydrogens (tertiary/aromatic N) is 2. The number of hydrogen-bond donors (Lipinski definition) is 0. The molecule has 10 rings (SSSR count). The zero-order valence-corrected chi connectivity index (χ0v) is 25.1. The standard InChI is InChI=1S/C43H28N2/c1-43(2)35-24-27(36-22-20-26-18-17-25-10-9-23-44-41(25)42(26)45-36)19-21-34(35)38-33-16-8-7-15-32(33)37-30-13-5-3-11-28(30)29-12-4-6-14-31(29)39(37)40(38)43/h3-24H,1-2H3. The molecule has 2 heteroatoms. The van der Waals surface area contributed by atoms with Gasteiger partial charge >= 0.3 is 0 Å². The summed E-state index contributed by atoms with van der Waals surface area (Å²) >= 11 is 0. The molecule has 0 amide bonds. The molecule has 0 aliphatic heterocycles. The van der Waals surface area contributed by atoms with Crippen LogP contribution in [0, 0.1) is 0 Å². The molecule has 7 aromatic carbocycles. The van der Waals surface area contributed by atoms with E-state index >= 15 is 0 Å². The molecular weight excluding hydrogens is 544 g/mol.